The van der Waals surface area contributed by atoms with Crippen molar-refractivity contribution in [3.05, 3.63) is 52.9 Å². The fraction of sp³-hybridized carbons (Fsp3) is 0.364. The highest BCUT2D eigenvalue weighted by Crippen LogP contribution is 2.30. The van der Waals surface area contributed by atoms with Crippen molar-refractivity contribution in [1.29, 1.82) is 0 Å². The Labute approximate surface area is 156 Å². The molecule has 0 unspecified atom stereocenters. The van der Waals surface area contributed by atoms with Gasteiger partial charge in [0.05, 0.1) is 11.0 Å². The number of ether oxygens (including phenoxy) is 2. The van der Waals surface area contributed by atoms with Crippen molar-refractivity contribution in [2.24, 2.45) is 5.92 Å². The van der Waals surface area contributed by atoms with Gasteiger partial charge < -0.3 is 13.9 Å². The summed E-state index contributed by atoms with van der Waals surface area (Å²) in [4.78, 5) is 24.7. The maximum Gasteiger partial charge on any atom is 0.344 e. The third-order valence-corrected chi connectivity index (χ3v) is 5.13. The van der Waals surface area contributed by atoms with Crippen molar-refractivity contribution in [1.82, 2.24) is 0 Å². The number of ketones is 1. The first kappa shape index (κ1) is 17.7. The van der Waals surface area contributed by atoms with Crippen LogP contribution in [0.2, 0.25) is 0 Å². The largest absolute Gasteiger partial charge is 0.486 e. The highest BCUT2D eigenvalue weighted by Gasteiger charge is 2.32. The molecule has 4 rings (SSSR count). The molecule has 3 aromatic rings. The smallest absolute Gasteiger partial charge is 0.344 e. The Morgan fingerprint density at radius 1 is 1.15 bits per heavy atom. The average Bonchev–Trinajstić information content (AvgIpc) is 2.65. The van der Waals surface area contributed by atoms with E-state index in [1.807, 2.05) is 38.1 Å². The minimum absolute atomic E-state index is 0.00403. The van der Waals surface area contributed by atoms with Gasteiger partial charge in [-0.05, 0) is 50.3 Å². The van der Waals surface area contributed by atoms with Gasteiger partial charge in [0.25, 0.3) is 0 Å². The summed E-state index contributed by atoms with van der Waals surface area (Å²) >= 11 is 0. The molecule has 1 aliphatic heterocycles. The molecular formula is C22H22O5. The van der Waals surface area contributed by atoms with Crippen LogP contribution < -0.4 is 10.4 Å². The summed E-state index contributed by atoms with van der Waals surface area (Å²) in [6.45, 7) is 4.60. The molecule has 0 aliphatic carbocycles. The van der Waals surface area contributed by atoms with Crippen molar-refractivity contribution in [3.8, 4) is 5.75 Å². The van der Waals surface area contributed by atoms with Crippen LogP contribution in [0.25, 0.3) is 21.7 Å². The summed E-state index contributed by atoms with van der Waals surface area (Å²) in [5.41, 5.74) is -0.196. The lowest BCUT2D eigenvalue weighted by Crippen LogP contribution is -2.38. The Bertz CT molecular complexity index is 1060. The van der Waals surface area contributed by atoms with Crippen molar-refractivity contribution < 1.29 is 18.7 Å². The normalized spacial score (nSPS) is 19.3. The van der Waals surface area contributed by atoms with E-state index < -0.39 is 0 Å². The van der Waals surface area contributed by atoms with Gasteiger partial charge in [0.2, 0.25) is 0 Å². The molecule has 5 nitrogen and oxygen atoms in total. The predicted molar refractivity (Wildman–Crippen MR) is 103 cm³/mol. The molecule has 27 heavy (non-hydrogen) atoms. The fourth-order valence-electron chi connectivity index (χ4n) is 3.73. The van der Waals surface area contributed by atoms with Crippen LogP contribution in [0.4, 0.5) is 0 Å². The van der Waals surface area contributed by atoms with Crippen molar-refractivity contribution >= 4 is 27.5 Å². The number of rotatable bonds is 4. The zero-order chi connectivity index (χ0) is 19.0. The molecule has 1 aromatic heterocycles. The number of benzene rings is 2. The summed E-state index contributed by atoms with van der Waals surface area (Å²) < 4.78 is 16.8. The molecule has 0 amide bonds. The monoisotopic (exact) mass is 366 g/mol. The first-order valence-electron chi connectivity index (χ1n) is 9.18. The van der Waals surface area contributed by atoms with Crippen LogP contribution in [0.3, 0.4) is 0 Å². The maximum atomic E-state index is 12.5. The van der Waals surface area contributed by atoms with Crippen LogP contribution in [0.5, 0.6) is 5.75 Å². The average molecular weight is 366 g/mol. The van der Waals surface area contributed by atoms with Crippen molar-refractivity contribution in [2.75, 3.05) is 13.2 Å². The molecule has 0 spiro atoms. The summed E-state index contributed by atoms with van der Waals surface area (Å²) in [5, 5.41) is 2.24. The molecule has 0 bridgehead atoms. The second-order valence-electron chi connectivity index (χ2n) is 7.65. The first-order valence-corrected chi connectivity index (χ1v) is 9.18. The highest BCUT2D eigenvalue weighted by molar-refractivity contribution is 6.04. The Morgan fingerprint density at radius 2 is 1.93 bits per heavy atom. The molecule has 2 heterocycles. The minimum Gasteiger partial charge on any atom is -0.486 e. The van der Waals surface area contributed by atoms with Gasteiger partial charge in [-0.25, -0.2) is 4.79 Å². The molecular weight excluding hydrogens is 344 g/mol. The predicted octanol–water partition coefficient (Wildman–Crippen LogP) is 4.10. The third-order valence-electron chi connectivity index (χ3n) is 5.13. The lowest BCUT2D eigenvalue weighted by molar-refractivity contribution is -0.135. The van der Waals surface area contributed by atoms with Gasteiger partial charge in [-0.1, -0.05) is 18.2 Å². The van der Waals surface area contributed by atoms with E-state index in [0.29, 0.717) is 29.7 Å². The first-order chi connectivity index (χ1) is 12.9. The van der Waals surface area contributed by atoms with E-state index >= 15 is 0 Å². The number of carbonyl (C=O) groups excluding carboxylic acids is 1. The summed E-state index contributed by atoms with van der Waals surface area (Å²) in [6.07, 6.45) is 1.43. The van der Waals surface area contributed by atoms with Crippen LogP contribution in [0.15, 0.2) is 51.7 Å². The quantitative estimate of drug-likeness (QED) is 0.514. The van der Waals surface area contributed by atoms with Crippen LogP contribution in [0, 0.1) is 5.92 Å². The molecule has 140 valence electrons. The zero-order valence-corrected chi connectivity index (χ0v) is 15.5. The van der Waals surface area contributed by atoms with E-state index in [4.69, 9.17) is 13.9 Å². The third kappa shape index (κ3) is 3.60. The molecule has 2 aromatic carbocycles. The molecule has 1 aliphatic rings. The lowest BCUT2D eigenvalue weighted by atomic mass is 9.86. The molecule has 1 fully saturated rings. The SMILES string of the molecule is CC1(C)C[C@@H](C(=O)COc2ccc3c(c2)oc(=O)c2ccccc23)CCO1. The van der Waals surface area contributed by atoms with E-state index in [-0.39, 0.29) is 29.5 Å². The fourth-order valence-corrected chi connectivity index (χ4v) is 3.73. The highest BCUT2D eigenvalue weighted by atomic mass is 16.5. The summed E-state index contributed by atoms with van der Waals surface area (Å²) in [5.74, 6) is 0.545. The van der Waals surface area contributed by atoms with E-state index in [0.717, 1.165) is 17.2 Å². The van der Waals surface area contributed by atoms with Crippen LogP contribution >= 0.6 is 0 Å². The van der Waals surface area contributed by atoms with Gasteiger partial charge in [-0.15, -0.1) is 0 Å². The van der Waals surface area contributed by atoms with Gasteiger partial charge in [0.1, 0.15) is 17.9 Å². The second-order valence-corrected chi connectivity index (χ2v) is 7.65. The van der Waals surface area contributed by atoms with Gasteiger partial charge >= 0.3 is 5.63 Å². The van der Waals surface area contributed by atoms with Crippen LogP contribution in [0.1, 0.15) is 26.7 Å². The van der Waals surface area contributed by atoms with Crippen LogP contribution in [-0.4, -0.2) is 24.6 Å². The number of Topliss-reactive ketones (excluding diaryl/α,β-unsaturated/α-hetero) is 1. The molecule has 0 radical (unpaired) electrons. The number of hydrogen-bond acceptors (Lipinski definition) is 5. The molecule has 0 saturated carbocycles. The number of hydrogen-bond donors (Lipinski definition) is 0. The second kappa shape index (κ2) is 6.82. The summed E-state index contributed by atoms with van der Waals surface area (Å²) in [6, 6.07) is 12.7. The Hall–Kier alpha value is -2.66. The van der Waals surface area contributed by atoms with Crippen molar-refractivity contribution in [2.45, 2.75) is 32.3 Å². The molecule has 1 saturated heterocycles. The van der Waals surface area contributed by atoms with E-state index in [1.54, 1.807) is 18.2 Å². The molecule has 1 atom stereocenters. The topological polar surface area (TPSA) is 65.7 Å². The minimum atomic E-state index is -0.379. The standard InChI is InChI=1S/C22H22O5/c1-22(2)12-14(9-10-26-22)19(23)13-25-15-7-8-17-16-5-3-4-6-18(16)21(24)27-20(17)11-15/h3-8,11,14H,9-10,12-13H2,1-2H3/t14-/m0/s1. The Kier molecular flexibility index (Phi) is 4.48. The van der Waals surface area contributed by atoms with Crippen LogP contribution in [-0.2, 0) is 9.53 Å². The van der Waals surface area contributed by atoms with Gasteiger partial charge in [0, 0.05) is 24.0 Å². The van der Waals surface area contributed by atoms with Gasteiger partial charge in [0.15, 0.2) is 5.78 Å². The van der Waals surface area contributed by atoms with Gasteiger partial charge in [-0.2, -0.15) is 0 Å². The van der Waals surface area contributed by atoms with E-state index in [9.17, 15) is 9.59 Å². The number of carbonyl (C=O) groups is 1. The maximum absolute atomic E-state index is 12.5. The van der Waals surface area contributed by atoms with E-state index in [2.05, 4.69) is 0 Å². The van der Waals surface area contributed by atoms with Crippen molar-refractivity contribution in [3.63, 3.8) is 0 Å². The summed E-state index contributed by atoms with van der Waals surface area (Å²) in [7, 11) is 0. The Morgan fingerprint density at radius 3 is 2.70 bits per heavy atom. The molecule has 5 heteroatoms. The lowest BCUT2D eigenvalue weighted by Gasteiger charge is -2.34. The van der Waals surface area contributed by atoms with Gasteiger partial charge in [-0.3, -0.25) is 4.79 Å². The van der Waals surface area contributed by atoms with E-state index in [1.165, 1.54) is 0 Å². The number of fused-ring (bicyclic) bond motifs is 3. The zero-order valence-electron chi connectivity index (χ0n) is 15.5. The molecule has 0 N–H and O–H groups in total. The Balaban J connectivity index is 1.54.